The number of amides is 1. The van der Waals surface area contributed by atoms with Crippen LogP contribution >= 0.6 is 24.0 Å². The molecule has 1 amide bonds. The molecule has 0 aliphatic carbocycles. The standard InChI is InChI=1S/C14H14N2O3S2/c1-16(14-15-10(8-21-14)13(18)19)12(17)11(20)7-9-5-3-2-4-6-9/h2-6,8,11,20H,7H2,1H3,(H,18,19). The number of carboxylic acid groups (broad SMARTS) is 1. The minimum atomic E-state index is -1.11. The molecule has 1 N–H and O–H groups in total. The molecule has 2 aromatic rings. The Kier molecular flexibility index (Phi) is 4.98. The minimum absolute atomic E-state index is 0.0616. The van der Waals surface area contributed by atoms with Crippen molar-refractivity contribution in [3.63, 3.8) is 0 Å². The van der Waals surface area contributed by atoms with Gasteiger partial charge in [-0.05, 0) is 12.0 Å². The van der Waals surface area contributed by atoms with Gasteiger partial charge >= 0.3 is 5.97 Å². The highest BCUT2D eigenvalue weighted by atomic mass is 32.1. The number of carboxylic acids is 1. The molecule has 1 unspecified atom stereocenters. The van der Waals surface area contributed by atoms with Gasteiger partial charge in [-0.15, -0.1) is 11.3 Å². The lowest BCUT2D eigenvalue weighted by Gasteiger charge is -2.18. The lowest BCUT2D eigenvalue weighted by Crippen LogP contribution is -2.34. The number of carbonyl (C=O) groups is 2. The fourth-order valence-electron chi connectivity index (χ4n) is 1.76. The van der Waals surface area contributed by atoms with Crippen LogP contribution in [-0.4, -0.2) is 34.3 Å². The quantitative estimate of drug-likeness (QED) is 0.829. The summed E-state index contributed by atoms with van der Waals surface area (Å²) in [7, 11) is 1.57. The molecule has 110 valence electrons. The highest BCUT2D eigenvalue weighted by molar-refractivity contribution is 7.81. The molecule has 0 aliphatic rings. The number of carbonyl (C=O) groups excluding carboxylic acids is 1. The summed E-state index contributed by atoms with van der Waals surface area (Å²) in [6, 6.07) is 9.59. The molecule has 0 aliphatic heterocycles. The van der Waals surface area contributed by atoms with Gasteiger partial charge in [0.1, 0.15) is 0 Å². The third-order valence-electron chi connectivity index (χ3n) is 2.89. The van der Waals surface area contributed by atoms with E-state index >= 15 is 0 Å². The van der Waals surface area contributed by atoms with E-state index < -0.39 is 11.2 Å². The summed E-state index contributed by atoms with van der Waals surface area (Å²) in [5, 5.41) is 10.1. The van der Waals surface area contributed by atoms with E-state index in [1.165, 1.54) is 10.3 Å². The van der Waals surface area contributed by atoms with Crippen LogP contribution < -0.4 is 4.90 Å². The van der Waals surface area contributed by atoms with Crippen LogP contribution in [0.15, 0.2) is 35.7 Å². The molecule has 0 spiro atoms. The van der Waals surface area contributed by atoms with Gasteiger partial charge in [-0.3, -0.25) is 9.69 Å². The number of anilines is 1. The van der Waals surface area contributed by atoms with Gasteiger partial charge in [-0.2, -0.15) is 12.6 Å². The van der Waals surface area contributed by atoms with E-state index in [-0.39, 0.29) is 11.6 Å². The SMILES string of the molecule is CN(C(=O)C(S)Cc1ccccc1)c1nc(C(=O)O)cs1. The van der Waals surface area contributed by atoms with Gasteiger partial charge in [0.2, 0.25) is 5.91 Å². The molecule has 1 aromatic heterocycles. The van der Waals surface area contributed by atoms with Crippen LogP contribution in [0.1, 0.15) is 16.1 Å². The van der Waals surface area contributed by atoms with E-state index in [0.717, 1.165) is 16.9 Å². The third kappa shape index (κ3) is 3.83. The zero-order valence-electron chi connectivity index (χ0n) is 11.3. The van der Waals surface area contributed by atoms with E-state index in [2.05, 4.69) is 17.6 Å². The summed E-state index contributed by atoms with van der Waals surface area (Å²) >= 11 is 5.46. The molecular formula is C14H14N2O3S2. The predicted octanol–water partition coefficient (Wildman–Crippen LogP) is 2.35. The molecule has 5 nitrogen and oxygen atoms in total. The van der Waals surface area contributed by atoms with Crippen LogP contribution in [0.5, 0.6) is 0 Å². The van der Waals surface area contributed by atoms with Crippen molar-refractivity contribution in [2.75, 3.05) is 11.9 Å². The average Bonchev–Trinajstić information content (AvgIpc) is 2.96. The van der Waals surface area contributed by atoms with Crippen molar-refractivity contribution in [2.24, 2.45) is 0 Å². The van der Waals surface area contributed by atoms with Crippen LogP contribution in [0, 0.1) is 0 Å². The van der Waals surface area contributed by atoms with Crippen molar-refractivity contribution in [1.82, 2.24) is 4.98 Å². The van der Waals surface area contributed by atoms with Crippen molar-refractivity contribution in [1.29, 1.82) is 0 Å². The Morgan fingerprint density at radius 2 is 2.05 bits per heavy atom. The Hall–Kier alpha value is -1.86. The lowest BCUT2D eigenvalue weighted by molar-refractivity contribution is -0.117. The highest BCUT2D eigenvalue weighted by Gasteiger charge is 2.22. The normalized spacial score (nSPS) is 11.9. The maximum atomic E-state index is 12.3. The number of hydrogen-bond acceptors (Lipinski definition) is 5. The van der Waals surface area contributed by atoms with Gasteiger partial charge in [0.25, 0.3) is 0 Å². The maximum Gasteiger partial charge on any atom is 0.355 e. The van der Waals surface area contributed by atoms with Crippen molar-refractivity contribution >= 4 is 41.0 Å². The van der Waals surface area contributed by atoms with E-state index in [0.29, 0.717) is 11.6 Å². The number of nitrogens with zero attached hydrogens (tertiary/aromatic N) is 2. The molecule has 2 rings (SSSR count). The van der Waals surface area contributed by atoms with E-state index in [1.54, 1.807) is 7.05 Å². The van der Waals surface area contributed by atoms with Gasteiger partial charge in [0, 0.05) is 12.4 Å². The van der Waals surface area contributed by atoms with E-state index in [4.69, 9.17) is 5.11 Å². The first kappa shape index (κ1) is 15.5. The monoisotopic (exact) mass is 322 g/mol. The highest BCUT2D eigenvalue weighted by Crippen LogP contribution is 2.21. The zero-order chi connectivity index (χ0) is 15.4. The molecule has 0 saturated heterocycles. The fourth-order valence-corrected chi connectivity index (χ4v) is 2.91. The first-order chi connectivity index (χ1) is 9.99. The number of hydrogen-bond donors (Lipinski definition) is 2. The van der Waals surface area contributed by atoms with Gasteiger partial charge in [-0.25, -0.2) is 9.78 Å². The molecule has 21 heavy (non-hydrogen) atoms. The second-order valence-corrected chi connectivity index (χ2v) is 5.88. The Morgan fingerprint density at radius 3 is 2.62 bits per heavy atom. The van der Waals surface area contributed by atoms with Crippen molar-refractivity contribution in [2.45, 2.75) is 11.7 Å². The third-order valence-corrected chi connectivity index (χ3v) is 4.21. The van der Waals surface area contributed by atoms with E-state index in [9.17, 15) is 9.59 Å². The van der Waals surface area contributed by atoms with Crippen LogP contribution in [0.2, 0.25) is 0 Å². The molecule has 1 aromatic carbocycles. The lowest BCUT2D eigenvalue weighted by atomic mass is 10.1. The molecule has 1 heterocycles. The van der Waals surface area contributed by atoms with Crippen LogP contribution in [0.25, 0.3) is 0 Å². The number of thiol groups is 1. The van der Waals surface area contributed by atoms with Crippen molar-refractivity contribution in [3.05, 3.63) is 47.0 Å². The van der Waals surface area contributed by atoms with Crippen molar-refractivity contribution < 1.29 is 14.7 Å². The number of aromatic carboxylic acids is 1. The summed E-state index contributed by atoms with van der Waals surface area (Å²) in [5.41, 5.74) is 0.957. The largest absolute Gasteiger partial charge is 0.476 e. The number of rotatable bonds is 5. The molecular weight excluding hydrogens is 308 g/mol. The van der Waals surface area contributed by atoms with Crippen LogP contribution in [0.3, 0.4) is 0 Å². The maximum absolute atomic E-state index is 12.3. The molecule has 0 radical (unpaired) electrons. The Morgan fingerprint density at radius 1 is 1.38 bits per heavy atom. The second-order valence-electron chi connectivity index (χ2n) is 4.42. The van der Waals surface area contributed by atoms with Gasteiger partial charge in [-0.1, -0.05) is 30.3 Å². The summed E-state index contributed by atoms with van der Waals surface area (Å²) in [6.07, 6.45) is 0.504. The van der Waals surface area contributed by atoms with Gasteiger partial charge in [0.15, 0.2) is 10.8 Å². The molecule has 7 heteroatoms. The molecule has 0 fully saturated rings. The molecule has 0 bridgehead atoms. The van der Waals surface area contributed by atoms with Crippen LogP contribution in [-0.2, 0) is 11.2 Å². The van der Waals surface area contributed by atoms with Gasteiger partial charge in [0.05, 0.1) is 5.25 Å². The van der Waals surface area contributed by atoms with Crippen LogP contribution in [0.4, 0.5) is 5.13 Å². The smallest absolute Gasteiger partial charge is 0.355 e. The summed E-state index contributed by atoms with van der Waals surface area (Å²) in [4.78, 5) is 28.4. The number of aromatic nitrogens is 1. The average molecular weight is 322 g/mol. The van der Waals surface area contributed by atoms with Crippen molar-refractivity contribution in [3.8, 4) is 0 Å². The topological polar surface area (TPSA) is 70.5 Å². The number of benzene rings is 1. The summed E-state index contributed by atoms with van der Waals surface area (Å²) in [6.45, 7) is 0. The Balaban J connectivity index is 2.05. The molecule has 0 saturated carbocycles. The number of thiazole rings is 1. The first-order valence-corrected chi connectivity index (χ1v) is 7.57. The predicted molar refractivity (Wildman–Crippen MR) is 85.4 cm³/mol. The first-order valence-electron chi connectivity index (χ1n) is 6.17. The fraction of sp³-hybridized carbons (Fsp3) is 0.214. The Bertz CT molecular complexity index is 643. The second kappa shape index (κ2) is 6.73. The summed E-state index contributed by atoms with van der Waals surface area (Å²) < 4.78 is 0. The summed E-state index contributed by atoms with van der Waals surface area (Å²) in [5.74, 6) is -1.32. The Labute approximate surface area is 131 Å². The van der Waals surface area contributed by atoms with E-state index in [1.807, 2.05) is 30.3 Å². The molecule has 1 atom stereocenters. The minimum Gasteiger partial charge on any atom is -0.476 e. The van der Waals surface area contributed by atoms with Gasteiger partial charge < -0.3 is 5.11 Å². The zero-order valence-corrected chi connectivity index (χ0v) is 13.0.